The lowest BCUT2D eigenvalue weighted by atomic mass is 10.2. The molecule has 0 radical (unpaired) electrons. The molecule has 29 heavy (non-hydrogen) atoms. The van der Waals surface area contributed by atoms with Gasteiger partial charge in [0.2, 0.25) is 0 Å². The zero-order chi connectivity index (χ0) is 20.4. The van der Waals surface area contributed by atoms with Gasteiger partial charge in [-0.25, -0.2) is 5.43 Å². The van der Waals surface area contributed by atoms with Gasteiger partial charge < -0.3 is 4.57 Å². The minimum Gasteiger partial charge on any atom is -0.316 e. The third kappa shape index (κ3) is 3.92. The number of aromatic nitrogens is 1. The predicted molar refractivity (Wildman–Crippen MR) is 114 cm³/mol. The van der Waals surface area contributed by atoms with Crippen LogP contribution in [0.1, 0.15) is 20.9 Å². The maximum atomic E-state index is 12.4. The van der Waals surface area contributed by atoms with Crippen LogP contribution in [0.25, 0.3) is 15.8 Å². The van der Waals surface area contributed by atoms with Gasteiger partial charge in [-0.3, -0.25) is 14.9 Å². The van der Waals surface area contributed by atoms with E-state index >= 15 is 0 Å². The number of hydrazone groups is 1. The molecule has 0 atom stereocenters. The molecule has 0 saturated heterocycles. The number of hydrogen-bond acceptors (Lipinski definition) is 5. The number of aryl methyl sites for hydroxylation is 1. The van der Waals surface area contributed by atoms with E-state index in [2.05, 4.69) is 16.6 Å². The summed E-state index contributed by atoms with van der Waals surface area (Å²) in [7, 11) is 0. The van der Waals surface area contributed by atoms with Crippen LogP contribution in [-0.2, 0) is 0 Å². The van der Waals surface area contributed by atoms with Crippen molar-refractivity contribution >= 4 is 39.2 Å². The number of rotatable bonds is 5. The average Bonchev–Trinajstić information content (AvgIpc) is 3.34. The van der Waals surface area contributed by atoms with Crippen molar-refractivity contribution in [3.63, 3.8) is 0 Å². The van der Waals surface area contributed by atoms with E-state index in [-0.39, 0.29) is 11.6 Å². The van der Waals surface area contributed by atoms with Gasteiger partial charge in [-0.15, -0.1) is 11.3 Å². The number of carbonyl (C=O) groups excluding carboxylic acids is 1. The molecular formula is C21H16N4O3S. The number of non-ortho nitro benzene ring substituents is 1. The summed E-state index contributed by atoms with van der Waals surface area (Å²) in [6.45, 7) is 2.03. The third-order valence-corrected chi connectivity index (χ3v) is 5.47. The van der Waals surface area contributed by atoms with Crippen LogP contribution in [0.5, 0.6) is 0 Å². The van der Waals surface area contributed by atoms with E-state index in [1.807, 2.05) is 48.0 Å². The van der Waals surface area contributed by atoms with E-state index in [0.717, 1.165) is 21.6 Å². The number of thiophene rings is 1. The number of nitro benzene ring substituents is 1. The number of hydrogen-bond donors (Lipinski definition) is 1. The van der Waals surface area contributed by atoms with E-state index in [0.29, 0.717) is 10.3 Å². The van der Waals surface area contributed by atoms with Crippen LogP contribution in [0.15, 0.2) is 72.0 Å². The number of nitrogens with one attached hydrogen (secondary N) is 1. The number of amides is 1. The van der Waals surface area contributed by atoms with Crippen molar-refractivity contribution in [1.29, 1.82) is 0 Å². The van der Waals surface area contributed by atoms with Crippen molar-refractivity contribution < 1.29 is 9.72 Å². The van der Waals surface area contributed by atoms with Gasteiger partial charge in [-0.2, -0.15) is 5.10 Å². The number of benzene rings is 2. The Labute approximate surface area is 170 Å². The molecule has 8 heteroatoms. The largest absolute Gasteiger partial charge is 0.316 e. The Bertz CT molecular complexity index is 1260. The minimum atomic E-state index is -0.454. The van der Waals surface area contributed by atoms with E-state index < -0.39 is 4.92 Å². The molecule has 144 valence electrons. The molecule has 0 spiro atoms. The van der Waals surface area contributed by atoms with Gasteiger partial charge in [0.25, 0.3) is 11.6 Å². The molecule has 2 heterocycles. The van der Waals surface area contributed by atoms with Crippen LogP contribution in [0.2, 0.25) is 0 Å². The molecule has 0 saturated carbocycles. The summed E-state index contributed by atoms with van der Waals surface area (Å²) in [5, 5.41) is 15.6. The van der Waals surface area contributed by atoms with Crippen molar-refractivity contribution in [3.05, 3.63) is 93.1 Å². The predicted octanol–water partition coefficient (Wildman–Crippen LogP) is 4.67. The summed E-state index contributed by atoms with van der Waals surface area (Å²) in [4.78, 5) is 23.3. The highest BCUT2D eigenvalue weighted by Gasteiger charge is 2.13. The van der Waals surface area contributed by atoms with Crippen molar-refractivity contribution in [2.75, 3.05) is 0 Å². The Morgan fingerprint density at radius 2 is 2.03 bits per heavy atom. The SMILES string of the molecule is Cc1cccc(-n2cccc2C=NNC(=O)c2cc3cc([N+](=O)[O-])ccc3s2)c1. The number of fused-ring (bicyclic) bond motifs is 1. The van der Waals surface area contributed by atoms with Gasteiger partial charge in [0.15, 0.2) is 0 Å². The molecule has 4 rings (SSSR count). The monoisotopic (exact) mass is 404 g/mol. The van der Waals surface area contributed by atoms with Crippen LogP contribution in [-0.4, -0.2) is 21.6 Å². The van der Waals surface area contributed by atoms with Crippen molar-refractivity contribution in [3.8, 4) is 5.69 Å². The fourth-order valence-corrected chi connectivity index (χ4v) is 3.91. The first kappa shape index (κ1) is 18.6. The molecule has 1 N–H and O–H groups in total. The molecule has 0 aliphatic heterocycles. The Kier molecular flexibility index (Phi) is 4.92. The number of nitrogens with zero attached hydrogens (tertiary/aromatic N) is 3. The van der Waals surface area contributed by atoms with Crippen LogP contribution in [0, 0.1) is 17.0 Å². The summed E-state index contributed by atoms with van der Waals surface area (Å²) in [5.74, 6) is -0.362. The third-order valence-electron chi connectivity index (χ3n) is 4.36. The topological polar surface area (TPSA) is 89.5 Å². The molecule has 0 unspecified atom stereocenters. The molecule has 7 nitrogen and oxygen atoms in total. The van der Waals surface area contributed by atoms with Gasteiger partial charge >= 0.3 is 0 Å². The normalized spacial score (nSPS) is 11.2. The second-order valence-electron chi connectivity index (χ2n) is 6.43. The molecule has 4 aromatic rings. The minimum absolute atomic E-state index is 0.00260. The second-order valence-corrected chi connectivity index (χ2v) is 7.51. The Hall–Kier alpha value is -3.78. The molecule has 0 aliphatic carbocycles. The van der Waals surface area contributed by atoms with E-state index in [9.17, 15) is 14.9 Å². The summed E-state index contributed by atoms with van der Waals surface area (Å²) < 4.78 is 2.78. The Balaban J connectivity index is 1.50. The Morgan fingerprint density at radius 1 is 1.17 bits per heavy atom. The lowest BCUT2D eigenvalue weighted by molar-refractivity contribution is -0.384. The molecule has 0 bridgehead atoms. The van der Waals surface area contributed by atoms with Gasteiger partial charge in [-0.1, -0.05) is 12.1 Å². The Morgan fingerprint density at radius 3 is 2.83 bits per heavy atom. The fourth-order valence-electron chi connectivity index (χ4n) is 2.98. The zero-order valence-electron chi connectivity index (χ0n) is 15.4. The maximum Gasteiger partial charge on any atom is 0.281 e. The molecular weight excluding hydrogens is 388 g/mol. The van der Waals surface area contributed by atoms with Gasteiger partial charge in [-0.05, 0) is 48.9 Å². The van der Waals surface area contributed by atoms with Gasteiger partial charge in [0.1, 0.15) is 0 Å². The summed E-state index contributed by atoms with van der Waals surface area (Å²) in [6.07, 6.45) is 3.51. The highest BCUT2D eigenvalue weighted by molar-refractivity contribution is 7.20. The van der Waals surface area contributed by atoms with E-state index in [1.165, 1.54) is 23.5 Å². The highest BCUT2D eigenvalue weighted by Crippen LogP contribution is 2.28. The van der Waals surface area contributed by atoms with Crippen molar-refractivity contribution in [2.45, 2.75) is 6.92 Å². The quantitative estimate of drug-likeness (QED) is 0.298. The van der Waals surface area contributed by atoms with Crippen LogP contribution >= 0.6 is 11.3 Å². The summed E-state index contributed by atoms with van der Waals surface area (Å²) in [5.41, 5.74) is 5.50. The van der Waals surface area contributed by atoms with Gasteiger partial charge in [0.05, 0.1) is 21.7 Å². The first-order valence-corrected chi connectivity index (χ1v) is 9.59. The second kappa shape index (κ2) is 7.69. The molecule has 1 amide bonds. The van der Waals surface area contributed by atoms with Crippen LogP contribution in [0.4, 0.5) is 5.69 Å². The van der Waals surface area contributed by atoms with Crippen molar-refractivity contribution in [1.82, 2.24) is 9.99 Å². The summed E-state index contributed by atoms with van der Waals surface area (Å²) in [6, 6.07) is 18.0. The van der Waals surface area contributed by atoms with E-state index in [1.54, 1.807) is 18.3 Å². The van der Waals surface area contributed by atoms with Gasteiger partial charge in [0, 0.05) is 34.1 Å². The lowest BCUT2D eigenvalue weighted by Gasteiger charge is -2.07. The van der Waals surface area contributed by atoms with Crippen molar-refractivity contribution in [2.24, 2.45) is 5.10 Å². The average molecular weight is 404 g/mol. The zero-order valence-corrected chi connectivity index (χ0v) is 16.2. The molecule has 2 aromatic heterocycles. The van der Waals surface area contributed by atoms with E-state index in [4.69, 9.17) is 0 Å². The first-order chi connectivity index (χ1) is 14.0. The van der Waals surface area contributed by atoms with Crippen LogP contribution in [0.3, 0.4) is 0 Å². The molecule has 2 aromatic carbocycles. The molecule has 0 fully saturated rings. The highest BCUT2D eigenvalue weighted by atomic mass is 32.1. The fraction of sp³-hybridized carbons (Fsp3) is 0.0476. The number of nitro groups is 1. The van der Waals surface area contributed by atoms with Crippen LogP contribution < -0.4 is 5.43 Å². The smallest absolute Gasteiger partial charge is 0.281 e. The number of carbonyl (C=O) groups is 1. The first-order valence-electron chi connectivity index (χ1n) is 8.77. The lowest BCUT2D eigenvalue weighted by Crippen LogP contribution is -2.16. The maximum absolute atomic E-state index is 12.4. The summed E-state index contributed by atoms with van der Waals surface area (Å²) >= 11 is 1.26. The standard InChI is InChI=1S/C21H16N4O3S/c1-14-4-2-5-16(10-14)24-9-3-6-18(24)13-22-23-21(26)20-12-15-11-17(25(27)28)7-8-19(15)29-20/h2-13H,1H3,(H,23,26). The molecule has 0 aliphatic rings.